The summed E-state index contributed by atoms with van der Waals surface area (Å²) in [5, 5.41) is 2.36. The molecular weight excluding hydrogens is 516 g/mol. The molecule has 6 heteroatoms. The Kier molecular flexibility index (Phi) is 6.19. The Morgan fingerprint density at radius 2 is 1.32 bits per heavy atom. The largest absolute Gasteiger partial charge is 0.335 e. The molecule has 40 heavy (non-hydrogen) atoms. The zero-order valence-corrected chi connectivity index (χ0v) is 23.4. The number of hydrogen-bond donors (Lipinski definition) is 1. The average Bonchev–Trinajstić information content (AvgIpc) is 2.93. The summed E-state index contributed by atoms with van der Waals surface area (Å²) in [6, 6.07) is 23.3. The highest BCUT2D eigenvalue weighted by atomic mass is 32.2. The van der Waals surface area contributed by atoms with Gasteiger partial charge in [-0.15, -0.1) is 0 Å². The molecule has 3 aromatic rings. The van der Waals surface area contributed by atoms with Crippen molar-refractivity contribution >= 4 is 41.4 Å². The second-order valence-corrected chi connectivity index (χ2v) is 13.3. The predicted octanol–water partition coefficient (Wildman–Crippen LogP) is 7.28. The van der Waals surface area contributed by atoms with E-state index >= 15 is 0 Å². The van der Waals surface area contributed by atoms with Gasteiger partial charge in [-0.1, -0.05) is 53.7 Å². The van der Waals surface area contributed by atoms with Gasteiger partial charge in [0.25, 0.3) is 11.8 Å². The zero-order valence-electron chi connectivity index (χ0n) is 22.6. The van der Waals surface area contributed by atoms with Crippen LogP contribution in [0.2, 0.25) is 0 Å². The van der Waals surface area contributed by atoms with Crippen LogP contribution in [0.3, 0.4) is 0 Å². The third kappa shape index (κ3) is 4.58. The Hall–Kier alpha value is -3.64. The number of benzene rings is 3. The van der Waals surface area contributed by atoms with Crippen LogP contribution in [0.1, 0.15) is 55.2 Å². The van der Waals surface area contributed by atoms with Gasteiger partial charge in [-0.2, -0.15) is 0 Å². The van der Waals surface area contributed by atoms with Crippen molar-refractivity contribution < 1.29 is 14.4 Å². The van der Waals surface area contributed by atoms with Crippen LogP contribution in [-0.4, -0.2) is 17.8 Å². The molecule has 1 aliphatic heterocycles. The van der Waals surface area contributed by atoms with Crippen molar-refractivity contribution in [2.45, 2.75) is 60.7 Å². The first-order valence-corrected chi connectivity index (χ1v) is 15.0. The van der Waals surface area contributed by atoms with Crippen molar-refractivity contribution in [3.05, 3.63) is 95.1 Å². The third-order valence-electron chi connectivity index (χ3n) is 9.33. The molecule has 202 valence electrons. The van der Waals surface area contributed by atoms with E-state index < -0.39 is 17.8 Å². The molecule has 0 unspecified atom stereocenters. The van der Waals surface area contributed by atoms with Crippen LogP contribution in [0.5, 0.6) is 0 Å². The van der Waals surface area contributed by atoms with Gasteiger partial charge >= 0.3 is 6.03 Å². The van der Waals surface area contributed by atoms with Crippen LogP contribution in [0.4, 0.5) is 10.5 Å². The number of urea groups is 1. The quantitative estimate of drug-likeness (QED) is 0.269. The van der Waals surface area contributed by atoms with E-state index in [2.05, 4.69) is 48.6 Å². The molecular formula is C34H32N2O3S. The Bertz CT molecular complexity index is 1490. The summed E-state index contributed by atoms with van der Waals surface area (Å²) < 4.78 is 0. The number of nitrogens with zero attached hydrogens (tertiary/aromatic N) is 1. The Morgan fingerprint density at radius 3 is 1.90 bits per heavy atom. The van der Waals surface area contributed by atoms with Crippen LogP contribution in [-0.2, 0) is 15.0 Å². The zero-order chi connectivity index (χ0) is 27.4. The van der Waals surface area contributed by atoms with Crippen LogP contribution < -0.4 is 10.2 Å². The van der Waals surface area contributed by atoms with Crippen molar-refractivity contribution in [2.75, 3.05) is 4.90 Å². The maximum atomic E-state index is 13.5. The molecule has 0 atom stereocenters. The van der Waals surface area contributed by atoms with Crippen molar-refractivity contribution in [2.24, 2.45) is 17.8 Å². The fraction of sp³-hybridized carbons (Fsp3) is 0.324. The normalized spacial score (nSPS) is 28.3. The number of imide groups is 2. The molecule has 0 aromatic heterocycles. The topological polar surface area (TPSA) is 66.5 Å². The summed E-state index contributed by atoms with van der Waals surface area (Å²) in [4.78, 5) is 42.2. The number of aryl methyl sites for hydroxylation is 1. The van der Waals surface area contributed by atoms with Gasteiger partial charge in [0.15, 0.2) is 0 Å². The molecule has 5 aliphatic rings. The smallest absolute Gasteiger partial charge is 0.273 e. The minimum Gasteiger partial charge on any atom is -0.273 e. The van der Waals surface area contributed by atoms with Crippen molar-refractivity contribution in [1.82, 2.24) is 5.32 Å². The first-order valence-electron chi connectivity index (χ1n) is 14.2. The molecule has 4 bridgehead atoms. The number of hydrogen-bond acceptors (Lipinski definition) is 4. The molecule has 8 rings (SSSR count). The maximum Gasteiger partial charge on any atom is 0.335 e. The molecule has 4 amide bonds. The van der Waals surface area contributed by atoms with Gasteiger partial charge in [0.05, 0.1) is 5.69 Å². The number of carbonyl (C=O) groups is 3. The fourth-order valence-electron chi connectivity index (χ4n) is 7.86. The van der Waals surface area contributed by atoms with E-state index in [1.165, 1.54) is 49.7 Å². The molecule has 4 aliphatic carbocycles. The number of carbonyl (C=O) groups excluding carboxylic acids is 3. The summed E-state index contributed by atoms with van der Waals surface area (Å²) in [6.45, 7) is 2.06. The fourth-order valence-corrected chi connectivity index (χ4v) is 8.68. The van der Waals surface area contributed by atoms with E-state index in [-0.39, 0.29) is 11.0 Å². The molecule has 1 heterocycles. The first kappa shape index (κ1) is 25.3. The van der Waals surface area contributed by atoms with E-state index in [1.807, 2.05) is 36.4 Å². The third-order valence-corrected chi connectivity index (χ3v) is 10.3. The van der Waals surface area contributed by atoms with Gasteiger partial charge in [-0.25, -0.2) is 9.69 Å². The standard InChI is InChI=1S/C34H32N2O3S/c1-21-2-10-28(11-3-21)40-29-12-4-22(5-13-29)17-30-31(37)35-33(39)36(32(30)38)27-8-6-26(7-9-27)34-18-23-14-24(19-34)16-25(15-23)20-34/h2-13,17,23-25H,14-16,18-20H2,1H3,(H,35,37,39)/b30-17+. The number of anilines is 1. The lowest BCUT2D eigenvalue weighted by molar-refractivity contribution is -0.122. The Balaban J connectivity index is 1.10. The average molecular weight is 549 g/mol. The molecule has 3 aromatic carbocycles. The highest BCUT2D eigenvalue weighted by Crippen LogP contribution is 2.60. The summed E-state index contributed by atoms with van der Waals surface area (Å²) in [5.74, 6) is 1.25. The summed E-state index contributed by atoms with van der Waals surface area (Å²) in [5.41, 5.74) is 3.94. The number of amides is 4. The van der Waals surface area contributed by atoms with Crippen LogP contribution >= 0.6 is 11.8 Å². The van der Waals surface area contributed by atoms with E-state index in [0.717, 1.165) is 38.0 Å². The van der Waals surface area contributed by atoms with Crippen LogP contribution in [0.25, 0.3) is 6.08 Å². The van der Waals surface area contributed by atoms with Gasteiger partial charge in [0.1, 0.15) is 5.57 Å². The molecule has 5 nitrogen and oxygen atoms in total. The van der Waals surface area contributed by atoms with E-state index in [0.29, 0.717) is 5.69 Å². The van der Waals surface area contributed by atoms with E-state index in [1.54, 1.807) is 17.8 Å². The minimum absolute atomic E-state index is 0.0521. The second-order valence-electron chi connectivity index (χ2n) is 12.2. The molecule has 0 radical (unpaired) electrons. The molecule has 4 saturated carbocycles. The van der Waals surface area contributed by atoms with E-state index in [4.69, 9.17) is 0 Å². The number of nitrogens with one attached hydrogen (secondary N) is 1. The van der Waals surface area contributed by atoms with E-state index in [9.17, 15) is 14.4 Å². The highest BCUT2D eigenvalue weighted by molar-refractivity contribution is 7.99. The van der Waals surface area contributed by atoms with Crippen molar-refractivity contribution in [3.8, 4) is 0 Å². The lowest BCUT2D eigenvalue weighted by Crippen LogP contribution is -2.54. The van der Waals surface area contributed by atoms with Crippen molar-refractivity contribution in [1.29, 1.82) is 0 Å². The summed E-state index contributed by atoms with van der Waals surface area (Å²) in [7, 11) is 0. The maximum absolute atomic E-state index is 13.5. The molecule has 1 N–H and O–H groups in total. The van der Waals surface area contributed by atoms with Gasteiger partial charge in [-0.3, -0.25) is 14.9 Å². The lowest BCUT2D eigenvalue weighted by atomic mass is 9.48. The SMILES string of the molecule is Cc1ccc(Sc2ccc(/C=C3\C(=O)NC(=O)N(c4ccc(C56CC7CC(CC(C7)C5)C6)cc4)C3=O)cc2)cc1. The summed E-state index contributed by atoms with van der Waals surface area (Å²) in [6.07, 6.45) is 9.48. The summed E-state index contributed by atoms with van der Waals surface area (Å²) >= 11 is 1.65. The molecule has 0 spiro atoms. The van der Waals surface area contributed by atoms with Crippen LogP contribution in [0, 0.1) is 24.7 Å². The van der Waals surface area contributed by atoms with Gasteiger partial charge in [0.2, 0.25) is 0 Å². The number of barbiturate groups is 1. The Morgan fingerprint density at radius 1 is 0.775 bits per heavy atom. The van der Waals surface area contributed by atoms with Gasteiger partial charge in [-0.05, 0) is 122 Å². The lowest BCUT2D eigenvalue weighted by Gasteiger charge is -2.57. The van der Waals surface area contributed by atoms with Gasteiger partial charge < -0.3 is 0 Å². The van der Waals surface area contributed by atoms with Crippen molar-refractivity contribution in [3.63, 3.8) is 0 Å². The predicted molar refractivity (Wildman–Crippen MR) is 157 cm³/mol. The van der Waals surface area contributed by atoms with Gasteiger partial charge in [0, 0.05) is 9.79 Å². The monoisotopic (exact) mass is 548 g/mol. The Labute approximate surface area is 239 Å². The van der Waals surface area contributed by atoms with Crippen LogP contribution in [0.15, 0.2) is 88.2 Å². The minimum atomic E-state index is -0.709. The first-order chi connectivity index (χ1) is 19.3. The molecule has 1 saturated heterocycles. The second kappa shape index (κ2) is 9.77. The molecule has 5 fully saturated rings. The highest BCUT2D eigenvalue weighted by Gasteiger charge is 2.51. The number of rotatable bonds is 5.